The van der Waals surface area contributed by atoms with Crippen molar-refractivity contribution in [2.45, 2.75) is 44.3 Å². The Hall–Kier alpha value is -3.14. The van der Waals surface area contributed by atoms with Crippen molar-refractivity contribution in [2.24, 2.45) is 0 Å². The largest absolute Gasteiger partial charge is 0.446 e. The van der Waals surface area contributed by atoms with Crippen LogP contribution in [0.1, 0.15) is 32.1 Å². The smallest absolute Gasteiger partial charge is 0.411 e. The lowest BCUT2D eigenvalue weighted by atomic mass is 10.0. The number of aliphatic hydroxyl groups is 1. The van der Waals surface area contributed by atoms with Gasteiger partial charge in [0.25, 0.3) is 0 Å². The molecule has 0 radical (unpaired) electrons. The van der Waals surface area contributed by atoms with E-state index in [1.165, 1.54) is 0 Å². The van der Waals surface area contributed by atoms with Gasteiger partial charge in [0.1, 0.15) is 6.10 Å². The average Bonchev–Trinajstić information content (AvgIpc) is 3.55. The number of carbonyl (C=O) groups is 2. The number of para-hydroxylation sites is 1. The maximum absolute atomic E-state index is 12.8. The van der Waals surface area contributed by atoms with Crippen LogP contribution in [0.2, 0.25) is 0 Å². The van der Waals surface area contributed by atoms with Gasteiger partial charge in [0.2, 0.25) is 0 Å². The highest BCUT2D eigenvalue weighted by Crippen LogP contribution is 2.28. The quantitative estimate of drug-likeness (QED) is 0.441. The van der Waals surface area contributed by atoms with E-state index < -0.39 is 6.09 Å². The molecule has 216 valence electrons. The molecular formula is C31H43N5O4. The normalized spacial score (nSPS) is 20.8. The van der Waals surface area contributed by atoms with Crippen LogP contribution in [0.3, 0.4) is 0 Å². The van der Waals surface area contributed by atoms with Gasteiger partial charge in [0.15, 0.2) is 0 Å². The first kappa shape index (κ1) is 28.4. The van der Waals surface area contributed by atoms with E-state index in [1.807, 2.05) is 64.4 Å². The first-order valence-corrected chi connectivity index (χ1v) is 14.8. The van der Waals surface area contributed by atoms with E-state index in [9.17, 15) is 14.7 Å². The summed E-state index contributed by atoms with van der Waals surface area (Å²) in [5.74, 6) is 0. The second-order valence-corrected chi connectivity index (χ2v) is 11.2. The Labute approximate surface area is 237 Å². The van der Waals surface area contributed by atoms with Gasteiger partial charge in [-0.2, -0.15) is 0 Å². The molecule has 3 heterocycles. The summed E-state index contributed by atoms with van der Waals surface area (Å²) in [5, 5.41) is 12.6. The van der Waals surface area contributed by atoms with Crippen LogP contribution in [0.4, 0.5) is 15.3 Å². The van der Waals surface area contributed by atoms with Crippen molar-refractivity contribution in [3.8, 4) is 11.1 Å². The van der Waals surface area contributed by atoms with E-state index in [-0.39, 0.29) is 18.2 Å². The van der Waals surface area contributed by atoms with Crippen LogP contribution in [0.15, 0.2) is 54.6 Å². The van der Waals surface area contributed by atoms with Gasteiger partial charge in [-0.1, -0.05) is 48.5 Å². The van der Waals surface area contributed by atoms with Crippen molar-refractivity contribution < 1.29 is 19.4 Å². The van der Waals surface area contributed by atoms with Gasteiger partial charge in [-0.3, -0.25) is 5.32 Å². The zero-order valence-electron chi connectivity index (χ0n) is 23.4. The minimum atomic E-state index is -0.406. The number of anilines is 1. The third-order valence-corrected chi connectivity index (χ3v) is 8.29. The number of nitrogens with one attached hydrogen (secondary N) is 1. The molecule has 2 aromatic rings. The average molecular weight is 550 g/mol. The highest BCUT2D eigenvalue weighted by atomic mass is 16.6. The molecule has 3 saturated heterocycles. The van der Waals surface area contributed by atoms with Crippen LogP contribution < -0.4 is 5.32 Å². The van der Waals surface area contributed by atoms with Crippen molar-refractivity contribution >= 4 is 17.8 Å². The summed E-state index contributed by atoms with van der Waals surface area (Å²) < 4.78 is 5.77. The Kier molecular flexibility index (Phi) is 9.91. The van der Waals surface area contributed by atoms with Crippen LogP contribution in [-0.2, 0) is 4.74 Å². The maximum atomic E-state index is 12.8. The SMILES string of the molecule is O=C(Nc1ccccc1-c1ccccc1)OC1CCN(CCCN2CCN(CCCN3CCC(O)C3)C2=O)CC1. The summed E-state index contributed by atoms with van der Waals surface area (Å²) >= 11 is 0. The number of hydrogen-bond acceptors (Lipinski definition) is 6. The molecule has 5 rings (SSSR count). The van der Waals surface area contributed by atoms with E-state index in [1.54, 1.807) is 0 Å². The Balaban J connectivity index is 0.964. The molecular weight excluding hydrogens is 506 g/mol. The van der Waals surface area contributed by atoms with Gasteiger partial charge < -0.3 is 29.4 Å². The lowest BCUT2D eigenvalue weighted by Gasteiger charge is -2.32. The molecule has 3 amide bonds. The monoisotopic (exact) mass is 549 g/mol. The van der Waals surface area contributed by atoms with Gasteiger partial charge >= 0.3 is 12.1 Å². The second-order valence-electron chi connectivity index (χ2n) is 11.2. The number of carbonyl (C=O) groups excluding carboxylic acids is 2. The number of likely N-dealkylation sites (tertiary alicyclic amines) is 2. The number of ether oxygens (including phenoxy) is 1. The van der Waals surface area contributed by atoms with Crippen LogP contribution in [0.25, 0.3) is 11.1 Å². The summed E-state index contributed by atoms with van der Waals surface area (Å²) in [7, 11) is 0. The molecule has 0 aromatic heterocycles. The Morgan fingerprint density at radius 1 is 0.800 bits per heavy atom. The first-order valence-electron chi connectivity index (χ1n) is 14.8. The number of nitrogens with zero attached hydrogens (tertiary/aromatic N) is 4. The fourth-order valence-corrected chi connectivity index (χ4v) is 6.04. The van der Waals surface area contributed by atoms with Gasteiger partial charge in [-0.25, -0.2) is 9.59 Å². The van der Waals surface area contributed by atoms with Crippen LogP contribution >= 0.6 is 0 Å². The number of hydrogen-bond donors (Lipinski definition) is 2. The van der Waals surface area contributed by atoms with Crippen LogP contribution in [-0.4, -0.2) is 114 Å². The molecule has 9 heteroatoms. The standard InChI is InChI=1S/C31H43N5O4/c37-26-12-19-34(24-26)16-7-18-36-23-22-35(31(36)39)17-6-15-33-20-13-27(14-21-33)40-30(38)32-29-11-5-4-10-28(29)25-8-2-1-3-9-25/h1-5,8-11,26-27,37H,6-7,12-24H2,(H,32,38). The molecule has 2 N–H and O–H groups in total. The second kappa shape index (κ2) is 14.0. The Morgan fingerprint density at radius 3 is 2.10 bits per heavy atom. The lowest BCUT2D eigenvalue weighted by molar-refractivity contribution is 0.0581. The predicted octanol–water partition coefficient (Wildman–Crippen LogP) is 3.95. The van der Waals surface area contributed by atoms with E-state index in [0.29, 0.717) is 0 Å². The summed E-state index contributed by atoms with van der Waals surface area (Å²) in [6.07, 6.45) is 3.73. The number of piperidine rings is 1. The summed E-state index contributed by atoms with van der Waals surface area (Å²) in [4.78, 5) is 34.1. The number of β-amino-alcohol motifs (C(OH)–C–C–N with tert-alkyl or cyclic N) is 1. The molecule has 2 aromatic carbocycles. The van der Waals surface area contributed by atoms with E-state index in [4.69, 9.17) is 4.74 Å². The predicted molar refractivity (Wildman–Crippen MR) is 156 cm³/mol. The highest BCUT2D eigenvalue weighted by molar-refractivity contribution is 5.91. The van der Waals surface area contributed by atoms with Crippen molar-refractivity contribution in [1.29, 1.82) is 0 Å². The number of aliphatic hydroxyl groups excluding tert-OH is 1. The molecule has 0 bridgehead atoms. The third kappa shape index (κ3) is 7.74. The van der Waals surface area contributed by atoms with Gasteiger partial charge in [0.05, 0.1) is 11.8 Å². The number of benzene rings is 2. The highest BCUT2D eigenvalue weighted by Gasteiger charge is 2.29. The zero-order chi connectivity index (χ0) is 27.7. The fraction of sp³-hybridized carbons (Fsp3) is 0.548. The Bertz CT molecular complexity index is 1110. The van der Waals surface area contributed by atoms with E-state index in [0.717, 1.165) is 114 Å². The summed E-state index contributed by atoms with van der Waals surface area (Å²) in [5.41, 5.74) is 2.77. The van der Waals surface area contributed by atoms with Gasteiger partial charge in [-0.15, -0.1) is 0 Å². The minimum absolute atomic E-state index is 0.0855. The van der Waals surface area contributed by atoms with Crippen LogP contribution in [0, 0.1) is 0 Å². The minimum Gasteiger partial charge on any atom is -0.446 e. The number of urea groups is 1. The molecule has 3 aliphatic heterocycles. The molecule has 0 spiro atoms. The van der Waals surface area contributed by atoms with Crippen LogP contribution in [0.5, 0.6) is 0 Å². The molecule has 1 unspecified atom stereocenters. The summed E-state index contributed by atoms with van der Waals surface area (Å²) in [6.45, 7) is 8.60. The fourth-order valence-electron chi connectivity index (χ4n) is 6.04. The lowest BCUT2D eigenvalue weighted by Crippen LogP contribution is -2.40. The van der Waals surface area contributed by atoms with Crippen molar-refractivity contribution in [2.75, 3.05) is 70.8 Å². The Morgan fingerprint density at radius 2 is 1.43 bits per heavy atom. The molecule has 0 saturated carbocycles. The van der Waals surface area contributed by atoms with Crippen molar-refractivity contribution in [3.63, 3.8) is 0 Å². The topological polar surface area (TPSA) is 88.6 Å². The number of amides is 3. The zero-order valence-corrected chi connectivity index (χ0v) is 23.4. The van der Waals surface area contributed by atoms with Crippen molar-refractivity contribution in [3.05, 3.63) is 54.6 Å². The maximum Gasteiger partial charge on any atom is 0.411 e. The van der Waals surface area contributed by atoms with Gasteiger partial charge in [0, 0.05) is 57.9 Å². The molecule has 40 heavy (non-hydrogen) atoms. The van der Waals surface area contributed by atoms with E-state index in [2.05, 4.69) is 15.1 Å². The first-order chi connectivity index (χ1) is 19.5. The van der Waals surface area contributed by atoms with Gasteiger partial charge in [-0.05, 0) is 56.8 Å². The molecule has 1 atom stereocenters. The molecule has 3 aliphatic rings. The number of rotatable bonds is 11. The molecule has 0 aliphatic carbocycles. The van der Waals surface area contributed by atoms with Crippen molar-refractivity contribution in [1.82, 2.24) is 19.6 Å². The summed E-state index contributed by atoms with van der Waals surface area (Å²) in [6, 6.07) is 17.9. The van der Waals surface area contributed by atoms with E-state index >= 15 is 0 Å². The molecule has 3 fully saturated rings. The molecule has 9 nitrogen and oxygen atoms in total. The third-order valence-electron chi connectivity index (χ3n) is 8.29.